The van der Waals surface area contributed by atoms with Gasteiger partial charge in [-0.25, -0.2) is 0 Å². The minimum Gasteiger partial charge on any atom is -0.351 e. The van der Waals surface area contributed by atoms with Crippen LogP contribution in [-0.2, 0) is 16.1 Å². The number of hydrogen-bond acceptors (Lipinski definition) is 6. The number of pyridine rings is 1. The highest BCUT2D eigenvalue weighted by Crippen LogP contribution is 2.29. The van der Waals surface area contributed by atoms with Crippen molar-refractivity contribution in [2.75, 3.05) is 4.90 Å². The van der Waals surface area contributed by atoms with E-state index < -0.39 is 6.04 Å². The first kappa shape index (κ1) is 25.3. The summed E-state index contributed by atoms with van der Waals surface area (Å²) in [5.74, 6) is -0.169. The SMILES string of the molecule is Cc1ccc(N(C(=O)Cn2nnc(-c3ccccc3)n2)[C@H](C(=O)NC2CCCCC2)c2ccccn2)cc1. The van der Waals surface area contributed by atoms with E-state index in [0.717, 1.165) is 36.8 Å². The Morgan fingerprint density at radius 1 is 0.974 bits per heavy atom. The van der Waals surface area contributed by atoms with Crippen molar-refractivity contribution in [1.82, 2.24) is 30.5 Å². The number of amides is 2. The Bertz CT molecular complexity index is 1350. The Labute approximate surface area is 221 Å². The molecule has 2 amide bonds. The summed E-state index contributed by atoms with van der Waals surface area (Å²) in [6.45, 7) is 1.79. The molecule has 2 heterocycles. The lowest BCUT2D eigenvalue weighted by Gasteiger charge is -2.32. The second kappa shape index (κ2) is 11.8. The summed E-state index contributed by atoms with van der Waals surface area (Å²) < 4.78 is 0. The predicted octanol–water partition coefficient (Wildman–Crippen LogP) is 4.27. The maximum absolute atomic E-state index is 13.9. The number of hydrogen-bond donors (Lipinski definition) is 1. The summed E-state index contributed by atoms with van der Waals surface area (Å²) in [5, 5.41) is 15.8. The molecule has 0 spiro atoms. The van der Waals surface area contributed by atoms with Gasteiger partial charge in [0.05, 0.1) is 5.69 Å². The Morgan fingerprint density at radius 2 is 1.71 bits per heavy atom. The van der Waals surface area contributed by atoms with Crippen LogP contribution in [0.4, 0.5) is 5.69 Å². The Kier molecular flexibility index (Phi) is 7.82. The summed E-state index contributed by atoms with van der Waals surface area (Å²) in [5.41, 5.74) is 2.94. The van der Waals surface area contributed by atoms with Gasteiger partial charge < -0.3 is 5.32 Å². The zero-order valence-electron chi connectivity index (χ0n) is 21.4. The van der Waals surface area contributed by atoms with E-state index in [4.69, 9.17) is 0 Å². The van der Waals surface area contributed by atoms with Gasteiger partial charge in [-0.1, -0.05) is 73.4 Å². The molecule has 5 rings (SSSR count). The molecule has 194 valence electrons. The molecule has 0 radical (unpaired) electrons. The Balaban J connectivity index is 1.48. The van der Waals surface area contributed by atoms with Crippen LogP contribution in [0.25, 0.3) is 11.4 Å². The fraction of sp³-hybridized carbons (Fsp3) is 0.310. The van der Waals surface area contributed by atoms with Crippen molar-refractivity contribution in [3.63, 3.8) is 0 Å². The van der Waals surface area contributed by atoms with E-state index in [1.54, 1.807) is 18.3 Å². The van der Waals surface area contributed by atoms with Crippen molar-refractivity contribution < 1.29 is 9.59 Å². The molecule has 1 fully saturated rings. The van der Waals surface area contributed by atoms with Gasteiger partial charge in [-0.05, 0) is 49.2 Å². The second-order valence-electron chi connectivity index (χ2n) is 9.61. The molecule has 1 atom stereocenters. The molecule has 1 saturated carbocycles. The van der Waals surface area contributed by atoms with Crippen LogP contribution in [0.3, 0.4) is 0 Å². The van der Waals surface area contributed by atoms with Crippen molar-refractivity contribution >= 4 is 17.5 Å². The third kappa shape index (κ3) is 5.94. The van der Waals surface area contributed by atoms with Crippen molar-refractivity contribution in [1.29, 1.82) is 0 Å². The van der Waals surface area contributed by atoms with Gasteiger partial charge in [0.1, 0.15) is 6.54 Å². The smallest absolute Gasteiger partial charge is 0.251 e. The number of rotatable bonds is 8. The number of aryl methyl sites for hydroxylation is 1. The normalized spacial score (nSPS) is 14.6. The zero-order chi connectivity index (χ0) is 26.3. The monoisotopic (exact) mass is 509 g/mol. The topological polar surface area (TPSA) is 106 Å². The van der Waals surface area contributed by atoms with E-state index in [0.29, 0.717) is 17.2 Å². The largest absolute Gasteiger partial charge is 0.351 e. The fourth-order valence-corrected chi connectivity index (χ4v) is 4.80. The van der Waals surface area contributed by atoms with E-state index in [-0.39, 0.29) is 24.4 Å². The molecule has 38 heavy (non-hydrogen) atoms. The van der Waals surface area contributed by atoms with Crippen molar-refractivity contribution in [2.45, 2.75) is 57.7 Å². The van der Waals surface area contributed by atoms with Crippen LogP contribution < -0.4 is 10.2 Å². The van der Waals surface area contributed by atoms with E-state index in [2.05, 4.69) is 25.7 Å². The molecule has 0 unspecified atom stereocenters. The molecular weight excluding hydrogens is 478 g/mol. The van der Waals surface area contributed by atoms with Gasteiger partial charge in [0, 0.05) is 23.5 Å². The van der Waals surface area contributed by atoms with Crippen LogP contribution in [0.1, 0.15) is 49.4 Å². The summed E-state index contributed by atoms with van der Waals surface area (Å²) in [7, 11) is 0. The third-order valence-electron chi connectivity index (χ3n) is 6.77. The lowest BCUT2D eigenvalue weighted by atomic mass is 9.95. The molecular formula is C29H31N7O2. The van der Waals surface area contributed by atoms with Crippen molar-refractivity contribution in [3.8, 4) is 11.4 Å². The summed E-state index contributed by atoms with van der Waals surface area (Å²) in [4.78, 5) is 35.0. The fourth-order valence-electron chi connectivity index (χ4n) is 4.80. The lowest BCUT2D eigenvalue weighted by molar-refractivity contribution is -0.127. The van der Waals surface area contributed by atoms with Crippen LogP contribution in [0.5, 0.6) is 0 Å². The van der Waals surface area contributed by atoms with Crippen LogP contribution in [0.15, 0.2) is 79.0 Å². The molecule has 0 aliphatic heterocycles. The first-order chi connectivity index (χ1) is 18.6. The number of tetrazole rings is 1. The first-order valence-electron chi connectivity index (χ1n) is 13.0. The Morgan fingerprint density at radius 3 is 2.42 bits per heavy atom. The molecule has 0 bridgehead atoms. The molecule has 4 aromatic rings. The van der Waals surface area contributed by atoms with Crippen LogP contribution in [0, 0.1) is 6.92 Å². The molecule has 9 nitrogen and oxygen atoms in total. The number of benzene rings is 2. The molecule has 1 N–H and O–H groups in total. The van der Waals surface area contributed by atoms with Crippen molar-refractivity contribution in [3.05, 3.63) is 90.3 Å². The highest BCUT2D eigenvalue weighted by atomic mass is 16.2. The highest BCUT2D eigenvalue weighted by molar-refractivity contribution is 6.01. The van der Waals surface area contributed by atoms with Gasteiger partial charge in [0.15, 0.2) is 6.04 Å². The second-order valence-corrected chi connectivity index (χ2v) is 9.61. The van der Waals surface area contributed by atoms with Gasteiger partial charge in [-0.3, -0.25) is 19.5 Å². The van der Waals surface area contributed by atoms with Gasteiger partial charge in [-0.15, -0.1) is 10.2 Å². The minimum absolute atomic E-state index is 0.0860. The Hall–Kier alpha value is -4.40. The van der Waals surface area contributed by atoms with Crippen LogP contribution >= 0.6 is 0 Å². The average Bonchev–Trinajstić information content (AvgIpc) is 3.42. The highest BCUT2D eigenvalue weighted by Gasteiger charge is 2.35. The number of aromatic nitrogens is 5. The van der Waals surface area contributed by atoms with Gasteiger partial charge in [0.25, 0.3) is 5.91 Å². The number of carbonyl (C=O) groups is 2. The first-order valence-corrected chi connectivity index (χ1v) is 13.0. The number of nitrogens with zero attached hydrogens (tertiary/aromatic N) is 6. The number of nitrogens with one attached hydrogen (secondary N) is 1. The third-order valence-corrected chi connectivity index (χ3v) is 6.77. The van der Waals surface area contributed by atoms with Gasteiger partial charge in [0.2, 0.25) is 11.7 Å². The maximum atomic E-state index is 13.9. The van der Waals surface area contributed by atoms with Crippen molar-refractivity contribution in [2.24, 2.45) is 0 Å². The van der Waals surface area contributed by atoms with E-state index in [1.807, 2.05) is 67.6 Å². The zero-order valence-corrected chi connectivity index (χ0v) is 21.4. The molecule has 2 aromatic carbocycles. The maximum Gasteiger partial charge on any atom is 0.251 e. The van der Waals surface area contributed by atoms with Crippen LogP contribution in [0.2, 0.25) is 0 Å². The minimum atomic E-state index is -0.953. The number of carbonyl (C=O) groups excluding carboxylic acids is 2. The molecule has 9 heteroatoms. The van der Waals surface area contributed by atoms with E-state index >= 15 is 0 Å². The standard InChI is InChI=1S/C29H31N7O2/c1-21-15-17-24(18-16-21)36(26(37)20-35-33-28(32-34-35)22-10-4-2-5-11-22)27(25-14-8-9-19-30-25)29(38)31-23-12-6-3-7-13-23/h2,4-5,8-11,14-19,23,27H,3,6-7,12-13,20H2,1H3,(H,31,38)/t27-/m0/s1. The molecule has 1 aliphatic rings. The quantitative estimate of drug-likeness (QED) is 0.380. The van der Waals surface area contributed by atoms with Gasteiger partial charge >= 0.3 is 0 Å². The summed E-state index contributed by atoms with van der Waals surface area (Å²) in [6.07, 6.45) is 6.86. The van der Waals surface area contributed by atoms with Crippen LogP contribution in [-0.4, -0.2) is 43.0 Å². The predicted molar refractivity (Wildman–Crippen MR) is 144 cm³/mol. The summed E-state index contributed by atoms with van der Waals surface area (Å²) in [6, 6.07) is 21.5. The summed E-state index contributed by atoms with van der Waals surface area (Å²) >= 11 is 0. The molecule has 0 saturated heterocycles. The lowest BCUT2D eigenvalue weighted by Crippen LogP contribution is -2.48. The molecule has 2 aromatic heterocycles. The average molecular weight is 510 g/mol. The number of anilines is 1. The van der Waals surface area contributed by atoms with E-state index in [9.17, 15) is 9.59 Å². The van der Waals surface area contributed by atoms with E-state index in [1.165, 1.54) is 16.1 Å². The molecule has 1 aliphatic carbocycles. The van der Waals surface area contributed by atoms with Gasteiger partial charge in [-0.2, -0.15) is 4.80 Å².